The first-order chi connectivity index (χ1) is 10.9. The lowest BCUT2D eigenvalue weighted by Gasteiger charge is -2.30. The summed E-state index contributed by atoms with van der Waals surface area (Å²) in [6, 6.07) is 13.4. The number of allylic oxidation sites excluding steroid dienone is 2. The average molecular weight is 368 g/mol. The Morgan fingerprint density at radius 3 is 2.35 bits per heavy atom. The fourth-order valence-electron chi connectivity index (χ4n) is 2.92. The van der Waals surface area contributed by atoms with Crippen LogP contribution in [0, 0.1) is 39.9 Å². The highest BCUT2D eigenvalue weighted by atomic mass is 79.9. The number of hydrogen-bond donors (Lipinski definition) is 0. The van der Waals surface area contributed by atoms with Crippen LogP contribution in [-0.2, 0) is 10.3 Å². The van der Waals surface area contributed by atoms with Crippen molar-refractivity contribution in [1.82, 2.24) is 0 Å². The van der Waals surface area contributed by atoms with Crippen molar-refractivity contribution in [3.63, 3.8) is 0 Å². The van der Waals surface area contributed by atoms with Crippen molar-refractivity contribution in [2.45, 2.75) is 26.4 Å². The first kappa shape index (κ1) is 16.8. The minimum absolute atomic E-state index is 0.0183. The first-order valence-corrected chi connectivity index (χ1v) is 7.83. The van der Waals surface area contributed by atoms with Gasteiger partial charge in [0.25, 0.3) is 0 Å². The molecule has 1 heterocycles. The minimum atomic E-state index is -0.892. The predicted octanol–water partition coefficient (Wildman–Crippen LogP) is 4.47. The third-order valence-electron chi connectivity index (χ3n) is 3.83. The molecule has 1 atom stereocenters. The molecule has 4 nitrogen and oxygen atoms in total. The molecule has 0 N–H and O–H groups in total. The van der Waals surface area contributed by atoms with Gasteiger partial charge in [0.1, 0.15) is 18.2 Å². The Bertz CT molecular complexity index is 830. The van der Waals surface area contributed by atoms with Gasteiger partial charge in [0.05, 0.1) is 5.57 Å². The van der Waals surface area contributed by atoms with E-state index < -0.39 is 5.60 Å². The quantitative estimate of drug-likeness (QED) is 0.721. The molecule has 5 heteroatoms. The number of nitrogens with zero attached hydrogens (tertiary/aromatic N) is 3. The van der Waals surface area contributed by atoms with Crippen molar-refractivity contribution in [3.8, 4) is 18.2 Å². The number of nitriles is 3. The van der Waals surface area contributed by atoms with Crippen LogP contribution in [0.15, 0.2) is 51.2 Å². The summed E-state index contributed by atoms with van der Waals surface area (Å²) in [5.74, 6) is 0.0912. The molecule has 0 bridgehead atoms. The summed E-state index contributed by atoms with van der Waals surface area (Å²) in [4.78, 5) is 0. The lowest BCUT2D eigenvalue weighted by Crippen LogP contribution is -2.26. The Morgan fingerprint density at radius 2 is 1.87 bits per heavy atom. The molecule has 0 amide bonds. The summed E-state index contributed by atoms with van der Waals surface area (Å²) < 4.78 is 6.92. The van der Waals surface area contributed by atoms with Gasteiger partial charge in [0, 0.05) is 15.6 Å². The van der Waals surface area contributed by atoms with E-state index in [0.717, 1.165) is 15.6 Å². The SMILES string of the molecule is CC(C)C1=C(C#N)C(=C(C#N)C#N)OC1(C)c1cccc(Br)c1. The van der Waals surface area contributed by atoms with Gasteiger partial charge in [-0.2, -0.15) is 15.8 Å². The molecule has 0 radical (unpaired) electrons. The molecule has 1 unspecified atom stereocenters. The molecular formula is C18H14BrN3O. The van der Waals surface area contributed by atoms with Crippen molar-refractivity contribution >= 4 is 15.9 Å². The lowest BCUT2D eigenvalue weighted by molar-refractivity contribution is 0.0661. The summed E-state index contributed by atoms with van der Waals surface area (Å²) in [5.41, 5.74) is 0.834. The largest absolute Gasteiger partial charge is 0.475 e. The highest BCUT2D eigenvalue weighted by Crippen LogP contribution is 2.49. The molecule has 0 aromatic heterocycles. The highest BCUT2D eigenvalue weighted by molar-refractivity contribution is 9.10. The van der Waals surface area contributed by atoms with Crippen molar-refractivity contribution in [1.29, 1.82) is 15.8 Å². The van der Waals surface area contributed by atoms with Crippen LogP contribution < -0.4 is 0 Å². The molecule has 2 rings (SSSR count). The normalized spacial score (nSPS) is 19.8. The molecule has 1 aliphatic rings. The van der Waals surface area contributed by atoms with Crippen molar-refractivity contribution in [2.24, 2.45) is 5.92 Å². The second-order valence-electron chi connectivity index (χ2n) is 5.63. The molecular weight excluding hydrogens is 354 g/mol. The Morgan fingerprint density at radius 1 is 1.22 bits per heavy atom. The average Bonchev–Trinajstić information content (AvgIpc) is 2.82. The molecule has 114 valence electrons. The standard InChI is InChI=1S/C18H14BrN3O/c1-11(2)16-15(10-22)17(12(8-20)9-21)23-18(16,3)13-5-4-6-14(19)7-13/h4-7,11H,1-3H3. The lowest BCUT2D eigenvalue weighted by atomic mass is 9.81. The van der Waals surface area contributed by atoms with E-state index in [4.69, 9.17) is 15.3 Å². The molecule has 0 fully saturated rings. The van der Waals surface area contributed by atoms with Gasteiger partial charge in [-0.1, -0.05) is 41.9 Å². The first-order valence-electron chi connectivity index (χ1n) is 7.03. The molecule has 1 aromatic rings. The Kier molecular flexibility index (Phi) is 4.60. The third-order valence-corrected chi connectivity index (χ3v) is 4.33. The van der Waals surface area contributed by atoms with Crippen LogP contribution in [-0.4, -0.2) is 0 Å². The highest BCUT2D eigenvalue weighted by Gasteiger charge is 2.45. The van der Waals surface area contributed by atoms with Crippen LogP contribution in [0.5, 0.6) is 0 Å². The molecule has 0 saturated heterocycles. The number of hydrogen-bond acceptors (Lipinski definition) is 4. The van der Waals surface area contributed by atoms with Crippen molar-refractivity contribution in [2.75, 3.05) is 0 Å². The van der Waals surface area contributed by atoms with E-state index in [1.807, 2.05) is 57.2 Å². The summed E-state index contributed by atoms with van der Waals surface area (Å²) in [6.45, 7) is 5.79. The molecule has 0 saturated carbocycles. The molecule has 0 aliphatic carbocycles. The van der Waals surface area contributed by atoms with E-state index in [1.54, 1.807) is 0 Å². The number of ether oxygens (including phenoxy) is 1. The Hall–Kier alpha value is -2.55. The van der Waals surface area contributed by atoms with E-state index in [1.165, 1.54) is 0 Å². The zero-order valence-corrected chi connectivity index (χ0v) is 14.6. The second-order valence-corrected chi connectivity index (χ2v) is 6.54. The van der Waals surface area contributed by atoms with Crippen LogP contribution in [0.25, 0.3) is 0 Å². The number of halogens is 1. The third kappa shape index (κ3) is 2.74. The zero-order chi connectivity index (χ0) is 17.2. The maximum absolute atomic E-state index is 9.58. The van der Waals surface area contributed by atoms with Gasteiger partial charge in [-0.15, -0.1) is 0 Å². The van der Waals surface area contributed by atoms with Crippen molar-refractivity contribution < 1.29 is 4.74 Å². The van der Waals surface area contributed by atoms with Gasteiger partial charge in [-0.25, -0.2) is 0 Å². The van der Waals surface area contributed by atoms with Gasteiger partial charge in [-0.3, -0.25) is 0 Å². The van der Waals surface area contributed by atoms with Crippen LogP contribution >= 0.6 is 15.9 Å². The van der Waals surface area contributed by atoms with Crippen LogP contribution in [0.3, 0.4) is 0 Å². The van der Waals surface area contributed by atoms with Gasteiger partial charge < -0.3 is 4.74 Å². The van der Waals surface area contributed by atoms with Crippen LogP contribution in [0.1, 0.15) is 26.3 Å². The van der Waals surface area contributed by atoms with E-state index in [9.17, 15) is 5.26 Å². The maximum Gasteiger partial charge on any atom is 0.172 e. The molecule has 23 heavy (non-hydrogen) atoms. The number of benzene rings is 1. The summed E-state index contributed by atoms with van der Waals surface area (Å²) in [5, 5.41) is 27.9. The topological polar surface area (TPSA) is 80.6 Å². The summed E-state index contributed by atoms with van der Waals surface area (Å²) in [6.07, 6.45) is 0. The summed E-state index contributed by atoms with van der Waals surface area (Å²) >= 11 is 3.44. The van der Waals surface area contributed by atoms with E-state index in [0.29, 0.717) is 0 Å². The van der Waals surface area contributed by atoms with Crippen LogP contribution in [0.4, 0.5) is 0 Å². The summed E-state index contributed by atoms with van der Waals surface area (Å²) in [7, 11) is 0. The smallest absolute Gasteiger partial charge is 0.172 e. The van der Waals surface area contributed by atoms with Gasteiger partial charge >= 0.3 is 0 Å². The second kappa shape index (κ2) is 6.29. The Balaban J connectivity index is 2.81. The predicted molar refractivity (Wildman–Crippen MR) is 88.3 cm³/mol. The van der Waals surface area contributed by atoms with Crippen molar-refractivity contribution in [3.05, 3.63) is 56.8 Å². The van der Waals surface area contributed by atoms with Gasteiger partial charge in [0.15, 0.2) is 16.9 Å². The molecule has 0 spiro atoms. The van der Waals surface area contributed by atoms with E-state index >= 15 is 0 Å². The fourth-order valence-corrected chi connectivity index (χ4v) is 3.32. The number of rotatable bonds is 2. The fraction of sp³-hybridized carbons (Fsp3) is 0.278. The molecule has 1 aromatic carbocycles. The Labute approximate surface area is 144 Å². The zero-order valence-electron chi connectivity index (χ0n) is 13.0. The molecule has 1 aliphatic heterocycles. The van der Waals surface area contributed by atoms with Crippen LogP contribution in [0.2, 0.25) is 0 Å². The minimum Gasteiger partial charge on any atom is -0.475 e. The maximum atomic E-state index is 9.58. The monoisotopic (exact) mass is 367 g/mol. The van der Waals surface area contributed by atoms with E-state index in [2.05, 4.69) is 22.0 Å². The van der Waals surface area contributed by atoms with E-state index in [-0.39, 0.29) is 22.8 Å². The van der Waals surface area contributed by atoms with Gasteiger partial charge in [-0.05, 0) is 25.0 Å². The van der Waals surface area contributed by atoms with Gasteiger partial charge in [0.2, 0.25) is 0 Å².